The van der Waals surface area contributed by atoms with Crippen LogP contribution >= 0.6 is 23.2 Å². The summed E-state index contributed by atoms with van der Waals surface area (Å²) in [6.07, 6.45) is 4.15. The Morgan fingerprint density at radius 2 is 1.07 bits per heavy atom. The van der Waals surface area contributed by atoms with E-state index in [1.807, 2.05) is 0 Å². The molecule has 0 amide bonds. The normalized spacial score (nSPS) is 65.9. The highest BCUT2D eigenvalue weighted by Gasteiger charge is 3.01. The highest BCUT2D eigenvalue weighted by Crippen LogP contribution is 2.97. The van der Waals surface area contributed by atoms with E-state index in [1.54, 1.807) is 0 Å². The van der Waals surface area contributed by atoms with E-state index in [0.717, 1.165) is 25.7 Å². The lowest BCUT2D eigenvalue weighted by Gasteiger charge is -2.58. The van der Waals surface area contributed by atoms with Crippen molar-refractivity contribution in [2.75, 3.05) is 14.2 Å². The lowest BCUT2D eigenvalue weighted by atomic mass is 9.43. The van der Waals surface area contributed by atoms with Crippen molar-refractivity contribution in [3.05, 3.63) is 0 Å². The average Bonchev–Trinajstić information content (AvgIpc) is 3.49. The first-order chi connectivity index (χ1) is 13.5. The maximum absolute atomic E-state index is 13.7. The fourth-order valence-corrected chi connectivity index (χ4v) is 12.5. The molecule has 8 bridgehead atoms. The van der Waals surface area contributed by atoms with Crippen molar-refractivity contribution in [1.29, 1.82) is 0 Å². The summed E-state index contributed by atoms with van der Waals surface area (Å²) in [5.41, 5.74) is -1.44. The van der Waals surface area contributed by atoms with Gasteiger partial charge in [-0.1, -0.05) is 0 Å². The van der Waals surface area contributed by atoms with E-state index in [0.29, 0.717) is 35.5 Å². The molecule has 6 heteroatoms. The van der Waals surface area contributed by atoms with Gasteiger partial charge in [0.2, 0.25) is 0 Å². The molecule has 4 nitrogen and oxygen atoms in total. The predicted molar refractivity (Wildman–Crippen MR) is 102 cm³/mol. The minimum Gasteiger partial charge on any atom is -0.469 e. The van der Waals surface area contributed by atoms with E-state index in [-0.39, 0.29) is 46.4 Å². The number of esters is 2. The quantitative estimate of drug-likeness (QED) is 0.503. The van der Waals surface area contributed by atoms with Crippen LogP contribution < -0.4 is 0 Å². The van der Waals surface area contributed by atoms with Crippen LogP contribution in [-0.4, -0.2) is 36.9 Å². The van der Waals surface area contributed by atoms with Gasteiger partial charge in [-0.15, -0.1) is 23.2 Å². The summed E-state index contributed by atoms with van der Waals surface area (Å²) in [5.74, 6) is 3.01. The second kappa shape index (κ2) is 4.88. The molecule has 0 aliphatic heterocycles. The van der Waals surface area contributed by atoms with Crippen molar-refractivity contribution in [3.8, 4) is 0 Å². The van der Waals surface area contributed by atoms with Gasteiger partial charge in [-0.05, 0) is 84.9 Å². The maximum atomic E-state index is 13.7. The van der Waals surface area contributed by atoms with Gasteiger partial charge in [-0.3, -0.25) is 9.59 Å². The molecule has 8 aliphatic rings. The Morgan fingerprint density at radius 3 is 1.43 bits per heavy atom. The van der Waals surface area contributed by atoms with Crippen LogP contribution in [0.25, 0.3) is 0 Å². The number of carbonyl (C=O) groups is 2. The smallest absolute Gasteiger partial charge is 0.313 e. The molecule has 14 atom stereocenters. The molecule has 8 rings (SSSR count). The van der Waals surface area contributed by atoms with E-state index in [1.165, 1.54) is 14.2 Å². The minimum absolute atomic E-state index is 0.123. The maximum Gasteiger partial charge on any atom is 0.313 e. The van der Waals surface area contributed by atoms with Crippen LogP contribution in [0.1, 0.15) is 25.7 Å². The number of hydrogen-bond donors (Lipinski definition) is 0. The summed E-state index contributed by atoms with van der Waals surface area (Å²) in [5, 5.41) is 0.246. The number of rotatable bonds is 2. The van der Waals surface area contributed by atoms with Gasteiger partial charge < -0.3 is 9.47 Å². The Morgan fingerprint density at radius 1 is 0.679 bits per heavy atom. The Labute approximate surface area is 175 Å². The van der Waals surface area contributed by atoms with Gasteiger partial charge >= 0.3 is 11.9 Å². The molecular weight excluding hydrogens is 399 g/mol. The van der Waals surface area contributed by atoms with Gasteiger partial charge in [-0.25, -0.2) is 0 Å². The lowest BCUT2D eigenvalue weighted by Crippen LogP contribution is -2.66. The van der Waals surface area contributed by atoms with Crippen LogP contribution in [-0.2, 0) is 19.1 Å². The average molecular weight is 425 g/mol. The van der Waals surface area contributed by atoms with Crippen molar-refractivity contribution in [3.63, 3.8) is 0 Å². The summed E-state index contributed by atoms with van der Waals surface area (Å²) in [7, 11) is 2.99. The molecular formula is C22H26Cl2O4. The zero-order valence-corrected chi connectivity index (χ0v) is 17.7. The highest BCUT2D eigenvalue weighted by atomic mass is 35.5. The molecule has 0 N–H and O–H groups in total. The van der Waals surface area contributed by atoms with Crippen LogP contribution in [0, 0.1) is 70.0 Å². The number of fused-ring (bicyclic) bond motifs is 2. The number of carbonyl (C=O) groups excluding carboxylic acids is 2. The van der Waals surface area contributed by atoms with Crippen molar-refractivity contribution in [1.82, 2.24) is 0 Å². The molecule has 0 aromatic heterocycles. The fraction of sp³-hybridized carbons (Fsp3) is 0.909. The third-order valence-corrected chi connectivity index (χ3v) is 12.1. The first-order valence-corrected chi connectivity index (χ1v) is 11.8. The summed E-state index contributed by atoms with van der Waals surface area (Å²) < 4.78 is 11.0. The van der Waals surface area contributed by atoms with Gasteiger partial charge in [0, 0.05) is 10.8 Å². The zero-order chi connectivity index (χ0) is 19.3. The molecule has 0 aromatic carbocycles. The first kappa shape index (κ1) is 17.2. The predicted octanol–water partition coefficient (Wildman–Crippen LogP) is 3.34. The van der Waals surface area contributed by atoms with E-state index in [9.17, 15) is 9.59 Å². The molecule has 8 aliphatic carbocycles. The summed E-state index contributed by atoms with van der Waals surface area (Å²) in [6, 6.07) is 0. The Bertz CT molecular complexity index is 750. The molecule has 0 aromatic rings. The SMILES string of the molecule is COC(=O)[C@]12[C@@H]3[C@H]4[C@@H]5[C@@H]([C@H]6[C@@H](CC[C@@H]6Cl)[C@H]51)[C@@]2(C(=O)OC)[C@H]4[C@@H]1CC[C@H](Cl)[C@@H]13. The van der Waals surface area contributed by atoms with Gasteiger partial charge in [-0.2, -0.15) is 0 Å². The number of ether oxygens (including phenoxy) is 2. The largest absolute Gasteiger partial charge is 0.469 e. The minimum atomic E-state index is -0.722. The second-order valence-electron chi connectivity index (χ2n) is 10.6. The number of hydrogen-bond acceptors (Lipinski definition) is 4. The second-order valence-corrected chi connectivity index (χ2v) is 11.8. The van der Waals surface area contributed by atoms with Gasteiger partial charge in [0.25, 0.3) is 0 Å². The van der Waals surface area contributed by atoms with Gasteiger partial charge in [0.05, 0.1) is 25.0 Å². The zero-order valence-electron chi connectivity index (χ0n) is 16.1. The topological polar surface area (TPSA) is 52.6 Å². The molecule has 8 saturated carbocycles. The van der Waals surface area contributed by atoms with E-state index in [2.05, 4.69) is 0 Å². The summed E-state index contributed by atoms with van der Waals surface area (Å²) >= 11 is 13.7. The van der Waals surface area contributed by atoms with Crippen LogP contribution in [0.2, 0.25) is 0 Å². The molecule has 0 heterocycles. The Hall–Kier alpha value is -0.480. The number of alkyl halides is 2. The van der Waals surface area contributed by atoms with Crippen LogP contribution in [0.15, 0.2) is 0 Å². The van der Waals surface area contributed by atoms with E-state index in [4.69, 9.17) is 32.7 Å². The number of halogens is 2. The van der Waals surface area contributed by atoms with Crippen molar-refractivity contribution < 1.29 is 19.1 Å². The summed E-state index contributed by atoms with van der Waals surface area (Å²) in [6.45, 7) is 0. The van der Waals surface area contributed by atoms with Crippen LogP contribution in [0.3, 0.4) is 0 Å². The summed E-state index contributed by atoms with van der Waals surface area (Å²) in [4.78, 5) is 27.4. The number of methoxy groups -OCH3 is 2. The molecule has 0 saturated heterocycles. The van der Waals surface area contributed by atoms with Crippen LogP contribution in [0.5, 0.6) is 0 Å². The van der Waals surface area contributed by atoms with Gasteiger partial charge in [0.1, 0.15) is 0 Å². The first-order valence-electron chi connectivity index (χ1n) is 10.9. The van der Waals surface area contributed by atoms with Crippen molar-refractivity contribution in [2.45, 2.75) is 36.4 Å². The molecule has 28 heavy (non-hydrogen) atoms. The third-order valence-electron chi connectivity index (χ3n) is 11.1. The fourth-order valence-electron chi connectivity index (χ4n) is 11.6. The third kappa shape index (κ3) is 1.26. The van der Waals surface area contributed by atoms with Crippen LogP contribution in [0.4, 0.5) is 0 Å². The molecule has 8 fully saturated rings. The molecule has 152 valence electrons. The standard InChI is InChI=1S/C22H26Cl2O4/c1-27-19(25)21-15-7-3-5-10(24)12(7)18-13(15)14-16(22(18,21)20(26)28-2)8-4-6-9(23)11(8)17(14)21/h7-18H,3-6H2,1-2H3/t7-,8-,9+,10+,11-,12+,13+,14+,15-,16+,17+,18-,21-,22-/m1/s1. The molecule has 0 radical (unpaired) electrons. The monoisotopic (exact) mass is 424 g/mol. The Balaban J connectivity index is 1.53. The van der Waals surface area contributed by atoms with E-state index < -0.39 is 10.8 Å². The molecule has 0 spiro atoms. The molecule has 0 unspecified atom stereocenters. The Kier molecular flexibility index (Phi) is 3.00. The van der Waals surface area contributed by atoms with Crippen molar-refractivity contribution in [2.24, 2.45) is 70.0 Å². The van der Waals surface area contributed by atoms with E-state index >= 15 is 0 Å². The lowest BCUT2D eigenvalue weighted by molar-refractivity contribution is -0.208. The van der Waals surface area contributed by atoms with Crippen molar-refractivity contribution >= 4 is 35.1 Å². The highest BCUT2D eigenvalue weighted by molar-refractivity contribution is 6.21. The van der Waals surface area contributed by atoms with Gasteiger partial charge in [0.15, 0.2) is 0 Å².